The number of likely N-dealkylation sites (tertiary alicyclic amines) is 1. The first-order chi connectivity index (χ1) is 12.1. The Morgan fingerprint density at radius 1 is 1.16 bits per heavy atom. The number of aliphatic hydroxyl groups is 2. The van der Waals surface area contributed by atoms with Crippen LogP contribution in [0.5, 0.6) is 0 Å². The number of hydrogen-bond acceptors (Lipinski definition) is 6. The van der Waals surface area contributed by atoms with E-state index < -0.39 is 5.60 Å². The minimum atomic E-state index is -1.09. The first-order valence-electron chi connectivity index (χ1n) is 8.36. The molecule has 0 bridgehead atoms. The standard InChI is InChI=1S/C18H22N4O3/c23-13-18(25)7-4-9-22(10-8-18)16(24)14-11-19-17(20-12-14)21-15-5-2-1-3-6-15/h1-3,5-6,11-12,23,25H,4,7-10,13H2,(H,19,20,21). The summed E-state index contributed by atoms with van der Waals surface area (Å²) in [6, 6.07) is 9.55. The van der Waals surface area contributed by atoms with E-state index in [-0.39, 0.29) is 12.5 Å². The number of carbonyl (C=O) groups is 1. The van der Waals surface area contributed by atoms with Gasteiger partial charge in [0, 0.05) is 31.2 Å². The third kappa shape index (κ3) is 4.32. The van der Waals surface area contributed by atoms with E-state index in [1.54, 1.807) is 4.90 Å². The summed E-state index contributed by atoms with van der Waals surface area (Å²) in [4.78, 5) is 22.7. The Morgan fingerprint density at radius 2 is 1.88 bits per heavy atom. The quantitative estimate of drug-likeness (QED) is 0.780. The van der Waals surface area contributed by atoms with Crippen molar-refractivity contribution in [1.82, 2.24) is 14.9 Å². The molecular weight excluding hydrogens is 320 g/mol. The highest BCUT2D eigenvalue weighted by Crippen LogP contribution is 2.22. The zero-order valence-corrected chi connectivity index (χ0v) is 13.9. The molecule has 1 aromatic carbocycles. The number of hydrogen-bond donors (Lipinski definition) is 3. The molecule has 3 rings (SSSR count). The van der Waals surface area contributed by atoms with Crippen molar-refractivity contribution < 1.29 is 15.0 Å². The first-order valence-corrected chi connectivity index (χ1v) is 8.36. The number of rotatable bonds is 4. The van der Waals surface area contributed by atoms with Gasteiger partial charge in [-0.15, -0.1) is 0 Å². The minimum absolute atomic E-state index is 0.159. The van der Waals surface area contributed by atoms with Crippen LogP contribution in [0.2, 0.25) is 0 Å². The maximum absolute atomic E-state index is 12.6. The van der Waals surface area contributed by atoms with Crippen LogP contribution in [-0.2, 0) is 0 Å². The molecule has 1 amide bonds. The summed E-state index contributed by atoms with van der Waals surface area (Å²) in [5, 5.41) is 22.5. The molecule has 2 heterocycles. The summed E-state index contributed by atoms with van der Waals surface area (Å²) in [5.41, 5.74) is 0.195. The lowest BCUT2D eigenvalue weighted by molar-refractivity contribution is -0.0250. The smallest absolute Gasteiger partial charge is 0.256 e. The normalized spacial score (nSPS) is 20.8. The predicted molar refractivity (Wildman–Crippen MR) is 93.5 cm³/mol. The Hall–Kier alpha value is -2.51. The van der Waals surface area contributed by atoms with E-state index in [4.69, 9.17) is 0 Å². The lowest BCUT2D eigenvalue weighted by atomic mass is 9.96. The van der Waals surface area contributed by atoms with Crippen molar-refractivity contribution in [2.45, 2.75) is 24.9 Å². The Balaban J connectivity index is 1.64. The number of anilines is 2. The van der Waals surface area contributed by atoms with Crippen molar-refractivity contribution in [3.05, 3.63) is 48.3 Å². The highest BCUT2D eigenvalue weighted by atomic mass is 16.3. The van der Waals surface area contributed by atoms with E-state index in [9.17, 15) is 15.0 Å². The van der Waals surface area contributed by atoms with Crippen LogP contribution in [-0.4, -0.2) is 56.3 Å². The van der Waals surface area contributed by atoms with E-state index in [0.29, 0.717) is 43.9 Å². The van der Waals surface area contributed by atoms with Gasteiger partial charge >= 0.3 is 0 Å². The van der Waals surface area contributed by atoms with E-state index in [2.05, 4.69) is 15.3 Å². The van der Waals surface area contributed by atoms with E-state index >= 15 is 0 Å². The fourth-order valence-corrected chi connectivity index (χ4v) is 2.88. The van der Waals surface area contributed by atoms with E-state index in [0.717, 1.165) is 5.69 Å². The molecule has 3 N–H and O–H groups in total. The van der Waals surface area contributed by atoms with Gasteiger partial charge in [-0.25, -0.2) is 9.97 Å². The van der Waals surface area contributed by atoms with Crippen molar-refractivity contribution in [2.24, 2.45) is 0 Å². The monoisotopic (exact) mass is 342 g/mol. The summed E-state index contributed by atoms with van der Waals surface area (Å²) in [5.74, 6) is 0.265. The third-order valence-corrected chi connectivity index (χ3v) is 4.43. The number of para-hydroxylation sites is 1. The van der Waals surface area contributed by atoms with Crippen LogP contribution in [0.4, 0.5) is 11.6 Å². The van der Waals surface area contributed by atoms with Crippen molar-refractivity contribution in [3.8, 4) is 0 Å². The lowest BCUT2D eigenvalue weighted by Gasteiger charge is -2.24. The third-order valence-electron chi connectivity index (χ3n) is 4.43. The average molecular weight is 342 g/mol. The molecule has 132 valence electrons. The molecule has 1 saturated heterocycles. The Kier molecular flexibility index (Phi) is 5.25. The van der Waals surface area contributed by atoms with Crippen LogP contribution in [0.3, 0.4) is 0 Å². The van der Waals surface area contributed by atoms with Gasteiger partial charge in [-0.05, 0) is 31.4 Å². The van der Waals surface area contributed by atoms with Crippen LogP contribution in [0.25, 0.3) is 0 Å². The summed E-state index contributed by atoms with van der Waals surface area (Å²) in [6.45, 7) is 0.670. The van der Waals surface area contributed by atoms with Crippen molar-refractivity contribution in [3.63, 3.8) is 0 Å². The molecule has 7 nitrogen and oxygen atoms in total. The summed E-state index contributed by atoms with van der Waals surface area (Å²) < 4.78 is 0. The molecule has 0 aliphatic carbocycles. The van der Waals surface area contributed by atoms with Crippen molar-refractivity contribution in [1.29, 1.82) is 0 Å². The van der Waals surface area contributed by atoms with Crippen LogP contribution >= 0.6 is 0 Å². The molecule has 25 heavy (non-hydrogen) atoms. The number of aliphatic hydroxyl groups excluding tert-OH is 1. The van der Waals surface area contributed by atoms with Gasteiger partial charge in [0.1, 0.15) is 0 Å². The second kappa shape index (κ2) is 7.58. The Bertz CT molecular complexity index is 708. The number of nitrogens with one attached hydrogen (secondary N) is 1. The molecular formula is C18H22N4O3. The maximum Gasteiger partial charge on any atom is 0.256 e. The lowest BCUT2D eigenvalue weighted by Crippen LogP contribution is -2.36. The summed E-state index contributed by atoms with van der Waals surface area (Å²) >= 11 is 0. The Morgan fingerprint density at radius 3 is 2.56 bits per heavy atom. The van der Waals surface area contributed by atoms with Gasteiger partial charge in [0.15, 0.2) is 0 Å². The van der Waals surface area contributed by atoms with Gasteiger partial charge in [0.2, 0.25) is 5.95 Å². The molecule has 1 aromatic heterocycles. The zero-order chi connectivity index (χ0) is 17.7. The molecule has 1 aliphatic heterocycles. The molecule has 7 heteroatoms. The SMILES string of the molecule is O=C(c1cnc(Nc2ccccc2)nc1)N1CCCC(O)(CO)CC1. The highest BCUT2D eigenvalue weighted by molar-refractivity contribution is 5.93. The summed E-state index contributed by atoms with van der Waals surface area (Å²) in [6.07, 6.45) is 4.51. The topological polar surface area (TPSA) is 98.6 Å². The highest BCUT2D eigenvalue weighted by Gasteiger charge is 2.31. The average Bonchev–Trinajstić information content (AvgIpc) is 2.85. The van der Waals surface area contributed by atoms with Gasteiger partial charge in [-0.3, -0.25) is 4.79 Å². The van der Waals surface area contributed by atoms with Gasteiger partial charge in [-0.1, -0.05) is 18.2 Å². The molecule has 2 aromatic rings. The largest absolute Gasteiger partial charge is 0.393 e. The van der Waals surface area contributed by atoms with Gasteiger partial charge in [0.05, 0.1) is 17.8 Å². The number of amides is 1. The Labute approximate surface area is 146 Å². The van der Waals surface area contributed by atoms with E-state index in [1.165, 1.54) is 12.4 Å². The minimum Gasteiger partial charge on any atom is -0.393 e. The van der Waals surface area contributed by atoms with Gasteiger partial charge in [0.25, 0.3) is 5.91 Å². The number of aromatic nitrogens is 2. The molecule has 1 aliphatic rings. The second-order valence-electron chi connectivity index (χ2n) is 6.31. The number of benzene rings is 1. The molecule has 1 unspecified atom stereocenters. The van der Waals surface area contributed by atoms with Crippen LogP contribution in [0.15, 0.2) is 42.7 Å². The fraction of sp³-hybridized carbons (Fsp3) is 0.389. The maximum atomic E-state index is 12.6. The molecule has 1 fully saturated rings. The number of carbonyl (C=O) groups excluding carboxylic acids is 1. The van der Waals surface area contributed by atoms with Gasteiger partial charge < -0.3 is 20.4 Å². The van der Waals surface area contributed by atoms with Crippen LogP contribution < -0.4 is 5.32 Å². The van der Waals surface area contributed by atoms with Gasteiger partial charge in [-0.2, -0.15) is 0 Å². The van der Waals surface area contributed by atoms with E-state index in [1.807, 2.05) is 30.3 Å². The van der Waals surface area contributed by atoms with Crippen molar-refractivity contribution >= 4 is 17.5 Å². The second-order valence-corrected chi connectivity index (χ2v) is 6.31. The first kappa shape index (κ1) is 17.3. The zero-order valence-electron chi connectivity index (χ0n) is 13.9. The molecule has 0 spiro atoms. The van der Waals surface area contributed by atoms with Crippen LogP contribution in [0.1, 0.15) is 29.6 Å². The molecule has 0 saturated carbocycles. The van der Waals surface area contributed by atoms with Crippen molar-refractivity contribution in [2.75, 3.05) is 25.0 Å². The molecule has 1 atom stereocenters. The predicted octanol–water partition coefficient (Wildman–Crippen LogP) is 1.57. The van der Waals surface area contributed by atoms with Crippen LogP contribution in [0, 0.1) is 0 Å². The molecule has 0 radical (unpaired) electrons. The summed E-state index contributed by atoms with van der Waals surface area (Å²) in [7, 11) is 0. The fourth-order valence-electron chi connectivity index (χ4n) is 2.88. The number of nitrogens with zero attached hydrogens (tertiary/aromatic N) is 3.